The molecule has 0 radical (unpaired) electrons. The number of hydrogen-bond donors (Lipinski definition) is 1. The fourth-order valence-corrected chi connectivity index (χ4v) is 5.27. The molecule has 1 N–H and O–H groups in total. The zero-order valence-electron chi connectivity index (χ0n) is 22.8. The van der Waals surface area contributed by atoms with Gasteiger partial charge in [-0.2, -0.15) is 4.31 Å². The van der Waals surface area contributed by atoms with Crippen LogP contribution in [0.1, 0.15) is 30.5 Å². The first-order chi connectivity index (χ1) is 18.5. The fourth-order valence-electron chi connectivity index (χ4n) is 4.02. The number of aryl methyl sites for hydroxylation is 1. The summed E-state index contributed by atoms with van der Waals surface area (Å²) in [6, 6.07) is 22.1. The van der Waals surface area contributed by atoms with Gasteiger partial charge in [0.05, 0.1) is 11.4 Å². The first kappa shape index (κ1) is 30.3. The maximum absolute atomic E-state index is 13.8. The number of carbonyl (C=O) groups is 2. The quantitative estimate of drug-likeness (QED) is 0.343. The van der Waals surface area contributed by atoms with E-state index in [1.165, 1.54) is 24.1 Å². The molecular formula is C30H36ClN3O4S. The molecule has 1 atom stereocenters. The van der Waals surface area contributed by atoms with Gasteiger partial charge in [-0.25, -0.2) is 8.42 Å². The van der Waals surface area contributed by atoms with Crippen molar-refractivity contribution in [1.82, 2.24) is 14.5 Å². The van der Waals surface area contributed by atoms with Crippen LogP contribution >= 0.6 is 11.6 Å². The van der Waals surface area contributed by atoms with Crippen LogP contribution in [-0.2, 0) is 32.6 Å². The summed E-state index contributed by atoms with van der Waals surface area (Å²) >= 11 is 6.07. The number of hydrogen-bond acceptors (Lipinski definition) is 4. The molecule has 0 bridgehead atoms. The predicted molar refractivity (Wildman–Crippen MR) is 155 cm³/mol. The molecule has 3 aromatic carbocycles. The van der Waals surface area contributed by atoms with Gasteiger partial charge in [-0.1, -0.05) is 85.6 Å². The fraction of sp³-hybridized carbons (Fsp3) is 0.333. The number of likely N-dealkylation sites (N-methyl/N-ethyl adjacent to an activating group) is 1. The third kappa shape index (κ3) is 8.65. The molecule has 0 heterocycles. The van der Waals surface area contributed by atoms with Crippen molar-refractivity contribution in [3.05, 3.63) is 101 Å². The van der Waals surface area contributed by atoms with Gasteiger partial charge in [-0.3, -0.25) is 9.59 Å². The van der Waals surface area contributed by atoms with Crippen LogP contribution in [0.4, 0.5) is 0 Å². The van der Waals surface area contributed by atoms with Crippen molar-refractivity contribution in [3.8, 4) is 0 Å². The molecule has 3 rings (SSSR count). The number of sulfonamides is 1. The highest BCUT2D eigenvalue weighted by molar-refractivity contribution is 7.89. The van der Waals surface area contributed by atoms with Crippen LogP contribution in [0.3, 0.4) is 0 Å². The average molecular weight is 570 g/mol. The predicted octanol–water partition coefficient (Wildman–Crippen LogP) is 4.68. The van der Waals surface area contributed by atoms with Gasteiger partial charge in [0, 0.05) is 31.6 Å². The summed E-state index contributed by atoms with van der Waals surface area (Å²) in [4.78, 5) is 28.9. The van der Waals surface area contributed by atoms with E-state index in [-0.39, 0.29) is 29.7 Å². The Hall–Kier alpha value is -3.20. The Bertz CT molecular complexity index is 1350. The minimum atomic E-state index is -3.92. The standard InChI is InChI=1S/C30H36ClN3O4S/c1-22(2)19-32-30(36)28(18-24-8-6-5-7-9-24)34(20-25-12-14-26(31)15-13-25)29(35)21-33(4)39(37,38)27-16-10-23(3)11-17-27/h5-17,22,28H,18-21H2,1-4H3,(H,32,36)/t28-/m0/s1. The van der Waals surface area contributed by atoms with E-state index >= 15 is 0 Å². The smallest absolute Gasteiger partial charge is 0.243 e. The van der Waals surface area contributed by atoms with Crippen molar-refractivity contribution in [2.24, 2.45) is 5.92 Å². The lowest BCUT2D eigenvalue weighted by Gasteiger charge is -2.33. The Kier molecular flexibility index (Phi) is 10.7. The second-order valence-electron chi connectivity index (χ2n) is 10.1. The number of carbonyl (C=O) groups excluding carboxylic acids is 2. The van der Waals surface area contributed by atoms with Crippen LogP contribution in [0.25, 0.3) is 0 Å². The first-order valence-electron chi connectivity index (χ1n) is 12.9. The largest absolute Gasteiger partial charge is 0.354 e. The number of halogens is 1. The zero-order valence-corrected chi connectivity index (χ0v) is 24.4. The second kappa shape index (κ2) is 13.7. The molecule has 0 fully saturated rings. The summed E-state index contributed by atoms with van der Waals surface area (Å²) in [7, 11) is -2.55. The molecule has 0 saturated carbocycles. The third-order valence-corrected chi connectivity index (χ3v) is 8.38. The van der Waals surface area contributed by atoms with E-state index < -0.39 is 28.5 Å². The van der Waals surface area contributed by atoms with Gasteiger partial charge in [0.15, 0.2) is 0 Å². The molecule has 0 unspecified atom stereocenters. The minimum Gasteiger partial charge on any atom is -0.354 e. The Morgan fingerprint density at radius 1 is 0.897 bits per heavy atom. The minimum absolute atomic E-state index is 0.100. The van der Waals surface area contributed by atoms with Gasteiger partial charge in [0.1, 0.15) is 6.04 Å². The molecule has 3 aromatic rings. The molecule has 208 valence electrons. The molecular weight excluding hydrogens is 534 g/mol. The molecule has 0 spiro atoms. The Labute approximate surface area is 236 Å². The van der Waals surface area contributed by atoms with Crippen LogP contribution in [-0.4, -0.2) is 55.6 Å². The maximum atomic E-state index is 13.8. The molecule has 0 aliphatic rings. The number of nitrogens with zero attached hydrogens (tertiary/aromatic N) is 2. The van der Waals surface area contributed by atoms with Gasteiger partial charge >= 0.3 is 0 Å². The van der Waals surface area contributed by atoms with Crippen LogP contribution < -0.4 is 5.32 Å². The van der Waals surface area contributed by atoms with Crippen LogP contribution in [0.15, 0.2) is 83.8 Å². The maximum Gasteiger partial charge on any atom is 0.243 e. The summed E-state index contributed by atoms with van der Waals surface area (Å²) < 4.78 is 27.5. The van der Waals surface area contributed by atoms with Gasteiger partial charge in [0.2, 0.25) is 21.8 Å². The van der Waals surface area contributed by atoms with E-state index in [0.717, 1.165) is 21.0 Å². The molecule has 0 saturated heterocycles. The van der Waals surface area contributed by atoms with Crippen molar-refractivity contribution in [1.29, 1.82) is 0 Å². The zero-order chi connectivity index (χ0) is 28.6. The van der Waals surface area contributed by atoms with Gasteiger partial charge in [0.25, 0.3) is 0 Å². The van der Waals surface area contributed by atoms with E-state index in [9.17, 15) is 18.0 Å². The lowest BCUT2D eigenvalue weighted by atomic mass is 10.0. The SMILES string of the molecule is Cc1ccc(S(=O)(=O)N(C)CC(=O)N(Cc2ccc(Cl)cc2)[C@@H](Cc2ccccc2)C(=O)NCC(C)C)cc1. The lowest BCUT2D eigenvalue weighted by Crippen LogP contribution is -2.53. The summed E-state index contributed by atoms with van der Waals surface area (Å²) in [5.41, 5.74) is 2.58. The average Bonchev–Trinajstić information content (AvgIpc) is 2.91. The normalized spacial score (nSPS) is 12.4. The molecule has 0 aromatic heterocycles. The summed E-state index contributed by atoms with van der Waals surface area (Å²) in [6.45, 7) is 6.00. The van der Waals surface area contributed by atoms with Gasteiger partial charge < -0.3 is 10.2 Å². The van der Waals surface area contributed by atoms with Gasteiger partial charge in [-0.15, -0.1) is 0 Å². The van der Waals surface area contributed by atoms with E-state index in [1.54, 1.807) is 36.4 Å². The van der Waals surface area contributed by atoms with Crippen molar-refractivity contribution in [2.45, 2.75) is 44.7 Å². The number of benzene rings is 3. The Morgan fingerprint density at radius 2 is 1.51 bits per heavy atom. The van der Waals surface area contributed by atoms with Crippen molar-refractivity contribution >= 4 is 33.4 Å². The number of amides is 2. The molecule has 2 amide bonds. The monoisotopic (exact) mass is 569 g/mol. The van der Waals surface area contributed by atoms with Crippen molar-refractivity contribution in [2.75, 3.05) is 20.1 Å². The Balaban J connectivity index is 1.96. The topological polar surface area (TPSA) is 86.8 Å². The van der Waals surface area contributed by atoms with Gasteiger partial charge in [-0.05, 0) is 48.2 Å². The Morgan fingerprint density at radius 3 is 2.10 bits per heavy atom. The molecule has 0 aliphatic carbocycles. The second-order valence-corrected chi connectivity index (χ2v) is 12.5. The number of rotatable bonds is 12. The van der Waals surface area contributed by atoms with E-state index in [4.69, 9.17) is 11.6 Å². The molecule has 0 aliphatic heterocycles. The highest BCUT2D eigenvalue weighted by atomic mass is 35.5. The van der Waals surface area contributed by atoms with Crippen LogP contribution in [0, 0.1) is 12.8 Å². The summed E-state index contributed by atoms with van der Waals surface area (Å²) in [5, 5.41) is 3.51. The lowest BCUT2D eigenvalue weighted by molar-refractivity contribution is -0.141. The van der Waals surface area contributed by atoms with Crippen molar-refractivity contribution < 1.29 is 18.0 Å². The van der Waals surface area contributed by atoms with Crippen LogP contribution in [0.5, 0.6) is 0 Å². The van der Waals surface area contributed by atoms with E-state index in [1.807, 2.05) is 51.1 Å². The summed E-state index contributed by atoms with van der Waals surface area (Å²) in [6.07, 6.45) is 0.276. The molecule has 7 nitrogen and oxygen atoms in total. The highest BCUT2D eigenvalue weighted by Gasteiger charge is 2.33. The number of nitrogens with one attached hydrogen (secondary N) is 1. The molecule has 9 heteroatoms. The summed E-state index contributed by atoms with van der Waals surface area (Å²) in [5.74, 6) is -0.555. The molecule has 39 heavy (non-hydrogen) atoms. The van der Waals surface area contributed by atoms with E-state index in [0.29, 0.717) is 11.6 Å². The third-order valence-electron chi connectivity index (χ3n) is 6.31. The first-order valence-corrected chi connectivity index (χ1v) is 14.7. The van der Waals surface area contributed by atoms with Crippen molar-refractivity contribution in [3.63, 3.8) is 0 Å². The van der Waals surface area contributed by atoms with E-state index in [2.05, 4.69) is 5.32 Å². The van der Waals surface area contributed by atoms with Crippen LogP contribution in [0.2, 0.25) is 5.02 Å². The highest BCUT2D eigenvalue weighted by Crippen LogP contribution is 2.19.